The number of halogens is 1. The van der Waals surface area contributed by atoms with Crippen molar-refractivity contribution in [3.8, 4) is 5.75 Å². The maximum absolute atomic E-state index is 5.78. The molecule has 0 bridgehead atoms. The molecule has 0 saturated carbocycles. The van der Waals surface area contributed by atoms with Crippen LogP contribution in [0.25, 0.3) is 0 Å². The minimum atomic E-state index is -0.0165. The lowest BCUT2D eigenvalue weighted by Gasteiger charge is -2.16. The van der Waals surface area contributed by atoms with Crippen molar-refractivity contribution in [1.82, 2.24) is 5.43 Å². The fourth-order valence-corrected chi connectivity index (χ4v) is 1.37. The average molecular weight is 259 g/mol. The molecule has 1 aromatic carbocycles. The average Bonchev–Trinajstić information content (AvgIpc) is 2.35. The Bertz CT molecular complexity index is 306. The van der Waals surface area contributed by atoms with Gasteiger partial charge in [-0.2, -0.15) is 0 Å². The first-order valence-electron chi connectivity index (χ1n) is 5.68. The van der Waals surface area contributed by atoms with Crippen LogP contribution in [0.3, 0.4) is 0 Å². The molecular formula is C12H19ClN2O2. The van der Waals surface area contributed by atoms with Gasteiger partial charge in [-0.15, -0.1) is 0 Å². The molecule has 0 spiro atoms. The van der Waals surface area contributed by atoms with Crippen LogP contribution in [-0.4, -0.2) is 25.9 Å². The lowest BCUT2D eigenvalue weighted by molar-refractivity contribution is 0.0938. The molecule has 0 radical (unpaired) electrons. The van der Waals surface area contributed by atoms with Crippen molar-refractivity contribution < 1.29 is 9.47 Å². The van der Waals surface area contributed by atoms with Crippen molar-refractivity contribution in [3.05, 3.63) is 29.3 Å². The van der Waals surface area contributed by atoms with Gasteiger partial charge in [0.05, 0.1) is 12.6 Å². The zero-order valence-corrected chi connectivity index (χ0v) is 10.7. The smallest absolute Gasteiger partial charge is 0.119 e. The highest BCUT2D eigenvalue weighted by atomic mass is 35.5. The zero-order chi connectivity index (χ0) is 12.5. The van der Waals surface area contributed by atoms with E-state index in [1.54, 1.807) is 12.1 Å². The highest BCUT2D eigenvalue weighted by Crippen LogP contribution is 2.15. The van der Waals surface area contributed by atoms with Crippen LogP contribution in [0.1, 0.15) is 13.3 Å². The topological polar surface area (TPSA) is 56.5 Å². The third-order valence-corrected chi connectivity index (χ3v) is 2.42. The number of benzene rings is 1. The summed E-state index contributed by atoms with van der Waals surface area (Å²) in [5.74, 6) is 6.18. The Labute approximate surface area is 107 Å². The molecule has 0 amide bonds. The summed E-state index contributed by atoms with van der Waals surface area (Å²) in [6.45, 7) is 3.80. The molecule has 0 aliphatic carbocycles. The van der Waals surface area contributed by atoms with Crippen molar-refractivity contribution in [3.63, 3.8) is 0 Å². The predicted octanol–water partition coefficient (Wildman–Crippen LogP) is 1.98. The summed E-state index contributed by atoms with van der Waals surface area (Å²) in [7, 11) is 0. The number of ether oxygens (including phenoxy) is 2. The number of hydrazine groups is 1. The molecule has 0 fully saturated rings. The number of hydrogen-bond acceptors (Lipinski definition) is 4. The van der Waals surface area contributed by atoms with E-state index in [2.05, 4.69) is 12.3 Å². The van der Waals surface area contributed by atoms with Crippen molar-refractivity contribution in [2.24, 2.45) is 5.84 Å². The lowest BCUT2D eigenvalue weighted by atomic mass is 10.3. The summed E-state index contributed by atoms with van der Waals surface area (Å²) >= 11 is 5.78. The highest BCUT2D eigenvalue weighted by Gasteiger charge is 2.07. The van der Waals surface area contributed by atoms with E-state index in [1.807, 2.05) is 12.1 Å². The third kappa shape index (κ3) is 5.89. The van der Waals surface area contributed by atoms with Crippen LogP contribution in [0.15, 0.2) is 24.3 Å². The van der Waals surface area contributed by atoms with E-state index in [4.69, 9.17) is 26.9 Å². The maximum Gasteiger partial charge on any atom is 0.119 e. The summed E-state index contributed by atoms with van der Waals surface area (Å²) in [6, 6.07) is 7.20. The summed E-state index contributed by atoms with van der Waals surface area (Å²) in [5, 5.41) is 0.692. The van der Waals surface area contributed by atoms with Crippen molar-refractivity contribution >= 4 is 11.6 Å². The molecule has 1 atom stereocenters. The van der Waals surface area contributed by atoms with Gasteiger partial charge in [0.2, 0.25) is 0 Å². The molecule has 0 aromatic heterocycles. The molecule has 1 unspecified atom stereocenters. The van der Waals surface area contributed by atoms with Crippen molar-refractivity contribution in [1.29, 1.82) is 0 Å². The molecule has 17 heavy (non-hydrogen) atoms. The van der Waals surface area contributed by atoms with Gasteiger partial charge in [-0.05, 0) is 30.7 Å². The minimum Gasteiger partial charge on any atom is -0.492 e. The Balaban J connectivity index is 2.29. The summed E-state index contributed by atoms with van der Waals surface area (Å²) in [5.41, 5.74) is 2.67. The van der Waals surface area contributed by atoms with Gasteiger partial charge in [0.1, 0.15) is 12.4 Å². The summed E-state index contributed by atoms with van der Waals surface area (Å²) in [6.07, 6.45) is 0.995. The van der Waals surface area contributed by atoms with E-state index in [0.717, 1.165) is 18.8 Å². The zero-order valence-electron chi connectivity index (χ0n) is 9.99. The van der Waals surface area contributed by atoms with Gasteiger partial charge in [0, 0.05) is 11.6 Å². The maximum atomic E-state index is 5.78. The van der Waals surface area contributed by atoms with Crippen LogP contribution in [-0.2, 0) is 4.74 Å². The van der Waals surface area contributed by atoms with Gasteiger partial charge in [-0.3, -0.25) is 11.3 Å². The quantitative estimate of drug-likeness (QED) is 0.425. The molecule has 0 aliphatic rings. The number of rotatable bonds is 8. The predicted molar refractivity (Wildman–Crippen MR) is 69.2 cm³/mol. The normalized spacial score (nSPS) is 12.4. The fraction of sp³-hybridized carbons (Fsp3) is 0.500. The first-order chi connectivity index (χ1) is 8.26. The summed E-state index contributed by atoms with van der Waals surface area (Å²) < 4.78 is 11.0. The van der Waals surface area contributed by atoms with Gasteiger partial charge in [-0.1, -0.05) is 18.5 Å². The fourth-order valence-electron chi connectivity index (χ4n) is 1.24. The van der Waals surface area contributed by atoms with Gasteiger partial charge in [0.15, 0.2) is 0 Å². The minimum absolute atomic E-state index is 0.0165. The van der Waals surface area contributed by atoms with Gasteiger partial charge in [0.25, 0.3) is 0 Å². The van der Waals surface area contributed by atoms with Crippen molar-refractivity contribution in [2.45, 2.75) is 19.4 Å². The second kappa shape index (κ2) is 8.31. The monoisotopic (exact) mass is 258 g/mol. The highest BCUT2D eigenvalue weighted by molar-refractivity contribution is 6.30. The Hall–Kier alpha value is -0.810. The number of nitrogens with two attached hydrogens (primary N) is 1. The molecule has 4 nitrogen and oxygen atoms in total. The van der Waals surface area contributed by atoms with E-state index < -0.39 is 0 Å². The molecule has 0 saturated heterocycles. The van der Waals surface area contributed by atoms with Crippen LogP contribution < -0.4 is 16.0 Å². The molecule has 5 heteroatoms. The first-order valence-corrected chi connectivity index (χ1v) is 6.06. The van der Waals surface area contributed by atoms with E-state index in [1.165, 1.54) is 0 Å². The molecule has 1 aromatic rings. The lowest BCUT2D eigenvalue weighted by Crippen LogP contribution is -2.43. The van der Waals surface area contributed by atoms with Crippen LogP contribution in [0, 0.1) is 0 Å². The second-order valence-electron chi connectivity index (χ2n) is 3.70. The molecule has 0 aliphatic heterocycles. The van der Waals surface area contributed by atoms with E-state index in [-0.39, 0.29) is 6.04 Å². The molecule has 3 N–H and O–H groups in total. The third-order valence-electron chi connectivity index (χ3n) is 2.17. The second-order valence-corrected chi connectivity index (χ2v) is 4.14. The molecular weight excluding hydrogens is 240 g/mol. The number of nitrogens with one attached hydrogen (secondary N) is 1. The standard InChI is InChI=1S/C12H19ClN2O2/c1-2-7-16-8-11(15-14)9-17-12-5-3-10(13)4-6-12/h3-6,11,15H,2,7-9,14H2,1H3. The molecule has 96 valence electrons. The van der Waals surface area contributed by atoms with Crippen LogP contribution in [0.5, 0.6) is 5.75 Å². The Kier molecular flexibility index (Phi) is 6.96. The van der Waals surface area contributed by atoms with Gasteiger partial charge >= 0.3 is 0 Å². The van der Waals surface area contributed by atoms with Crippen LogP contribution in [0.2, 0.25) is 5.02 Å². The number of hydrogen-bond donors (Lipinski definition) is 2. The summed E-state index contributed by atoms with van der Waals surface area (Å²) in [4.78, 5) is 0. The first kappa shape index (κ1) is 14.3. The van der Waals surface area contributed by atoms with Gasteiger partial charge in [-0.25, -0.2) is 0 Å². The van der Waals surface area contributed by atoms with Crippen LogP contribution in [0.4, 0.5) is 0 Å². The Morgan fingerprint density at radius 2 is 2.00 bits per heavy atom. The SMILES string of the molecule is CCCOCC(COc1ccc(Cl)cc1)NN. The van der Waals surface area contributed by atoms with E-state index in [0.29, 0.717) is 18.2 Å². The Morgan fingerprint density at radius 3 is 2.59 bits per heavy atom. The van der Waals surface area contributed by atoms with Crippen molar-refractivity contribution in [2.75, 3.05) is 19.8 Å². The molecule has 1 rings (SSSR count). The molecule has 0 heterocycles. The van der Waals surface area contributed by atoms with Gasteiger partial charge < -0.3 is 9.47 Å². The van der Waals surface area contributed by atoms with E-state index >= 15 is 0 Å². The van der Waals surface area contributed by atoms with Crippen LogP contribution >= 0.6 is 11.6 Å². The van der Waals surface area contributed by atoms with E-state index in [9.17, 15) is 0 Å². The largest absolute Gasteiger partial charge is 0.492 e. The Morgan fingerprint density at radius 1 is 1.29 bits per heavy atom.